The Kier molecular flexibility index (Phi) is 4.49. The number of aromatic nitrogens is 2. The molecule has 1 atom stereocenters. The molecule has 1 N–H and O–H groups in total. The fourth-order valence-corrected chi connectivity index (χ4v) is 2.31. The fourth-order valence-electron chi connectivity index (χ4n) is 2.04. The SMILES string of the molecule is Cc1cnc(C)c(C(Cc2ccc(Br)cc2)C(=O)O)n1. The summed E-state index contributed by atoms with van der Waals surface area (Å²) in [5.41, 5.74) is 2.90. The molecular weight excluding hydrogens is 320 g/mol. The lowest BCUT2D eigenvalue weighted by atomic mass is 9.95. The molecule has 2 aromatic rings. The highest BCUT2D eigenvalue weighted by Crippen LogP contribution is 2.23. The average molecular weight is 335 g/mol. The second kappa shape index (κ2) is 6.13. The molecule has 0 radical (unpaired) electrons. The quantitative estimate of drug-likeness (QED) is 0.931. The summed E-state index contributed by atoms with van der Waals surface area (Å²) in [4.78, 5) is 20.1. The van der Waals surface area contributed by atoms with Gasteiger partial charge in [-0.15, -0.1) is 0 Å². The molecule has 1 heterocycles. The number of benzene rings is 1. The van der Waals surface area contributed by atoms with Gasteiger partial charge in [-0.1, -0.05) is 28.1 Å². The van der Waals surface area contributed by atoms with Gasteiger partial charge in [-0.25, -0.2) is 0 Å². The minimum Gasteiger partial charge on any atom is -0.481 e. The molecule has 0 saturated carbocycles. The summed E-state index contributed by atoms with van der Waals surface area (Å²) in [6.07, 6.45) is 2.05. The fraction of sp³-hybridized carbons (Fsp3) is 0.267. The van der Waals surface area contributed by atoms with Crippen LogP contribution in [-0.4, -0.2) is 21.0 Å². The van der Waals surface area contributed by atoms with Gasteiger partial charge in [-0.2, -0.15) is 0 Å². The van der Waals surface area contributed by atoms with Crippen LogP contribution >= 0.6 is 15.9 Å². The number of hydrogen-bond donors (Lipinski definition) is 1. The molecule has 104 valence electrons. The highest BCUT2D eigenvalue weighted by molar-refractivity contribution is 9.10. The normalized spacial score (nSPS) is 12.2. The minimum absolute atomic E-state index is 0.404. The first-order valence-electron chi connectivity index (χ1n) is 6.24. The summed E-state index contributed by atoms with van der Waals surface area (Å²) in [7, 11) is 0. The molecule has 0 saturated heterocycles. The third-order valence-electron chi connectivity index (χ3n) is 3.09. The van der Waals surface area contributed by atoms with Crippen molar-refractivity contribution in [2.24, 2.45) is 0 Å². The predicted octanol–water partition coefficient (Wildman–Crippen LogP) is 3.27. The smallest absolute Gasteiger partial charge is 0.313 e. The summed E-state index contributed by atoms with van der Waals surface area (Å²) in [6.45, 7) is 3.60. The van der Waals surface area contributed by atoms with Gasteiger partial charge in [-0.05, 0) is 38.0 Å². The summed E-state index contributed by atoms with van der Waals surface area (Å²) in [6, 6.07) is 7.64. The van der Waals surface area contributed by atoms with E-state index in [0.717, 1.165) is 15.7 Å². The van der Waals surface area contributed by atoms with E-state index in [1.165, 1.54) is 0 Å². The van der Waals surface area contributed by atoms with E-state index in [2.05, 4.69) is 25.9 Å². The van der Waals surface area contributed by atoms with E-state index < -0.39 is 11.9 Å². The molecule has 0 bridgehead atoms. The van der Waals surface area contributed by atoms with Crippen LogP contribution in [0.1, 0.15) is 28.6 Å². The first kappa shape index (κ1) is 14.7. The number of aryl methyl sites for hydroxylation is 2. The number of aliphatic carboxylic acids is 1. The predicted molar refractivity (Wildman–Crippen MR) is 79.7 cm³/mol. The van der Waals surface area contributed by atoms with Crippen molar-refractivity contribution in [2.75, 3.05) is 0 Å². The van der Waals surface area contributed by atoms with Gasteiger partial charge in [0.2, 0.25) is 0 Å². The van der Waals surface area contributed by atoms with Gasteiger partial charge in [0.05, 0.1) is 17.1 Å². The van der Waals surface area contributed by atoms with Crippen molar-refractivity contribution < 1.29 is 9.90 Å². The second-order valence-electron chi connectivity index (χ2n) is 4.70. The maximum Gasteiger partial charge on any atom is 0.313 e. The first-order valence-corrected chi connectivity index (χ1v) is 7.04. The molecule has 4 nitrogen and oxygen atoms in total. The molecule has 1 aromatic carbocycles. The van der Waals surface area contributed by atoms with Gasteiger partial charge < -0.3 is 5.11 Å². The molecule has 1 aromatic heterocycles. The van der Waals surface area contributed by atoms with E-state index in [4.69, 9.17) is 0 Å². The molecular formula is C15H15BrN2O2. The van der Waals surface area contributed by atoms with Crippen LogP contribution in [0.4, 0.5) is 0 Å². The lowest BCUT2D eigenvalue weighted by Crippen LogP contribution is -2.18. The Morgan fingerprint density at radius 2 is 1.95 bits per heavy atom. The number of carboxylic acid groups (broad SMARTS) is 1. The van der Waals surface area contributed by atoms with Crippen molar-refractivity contribution in [3.05, 3.63) is 57.6 Å². The molecule has 5 heteroatoms. The maximum atomic E-state index is 11.6. The number of carboxylic acids is 1. The van der Waals surface area contributed by atoms with Gasteiger partial charge in [0.1, 0.15) is 5.92 Å². The van der Waals surface area contributed by atoms with Crippen LogP contribution in [0.25, 0.3) is 0 Å². The van der Waals surface area contributed by atoms with Crippen LogP contribution in [-0.2, 0) is 11.2 Å². The Hall–Kier alpha value is -1.75. The molecule has 0 spiro atoms. The first-order chi connectivity index (χ1) is 9.47. The third kappa shape index (κ3) is 3.42. The summed E-state index contributed by atoms with van der Waals surface area (Å²) < 4.78 is 0.972. The number of halogens is 1. The van der Waals surface area contributed by atoms with Crippen molar-refractivity contribution in [2.45, 2.75) is 26.2 Å². The molecule has 0 amide bonds. The molecule has 0 fully saturated rings. The number of nitrogens with zero attached hydrogens (tertiary/aromatic N) is 2. The van der Waals surface area contributed by atoms with Gasteiger partial charge in [0, 0.05) is 10.7 Å². The van der Waals surface area contributed by atoms with Gasteiger partial charge in [-0.3, -0.25) is 14.8 Å². The van der Waals surface area contributed by atoms with Crippen LogP contribution in [0.2, 0.25) is 0 Å². The highest BCUT2D eigenvalue weighted by Gasteiger charge is 2.24. The van der Waals surface area contributed by atoms with E-state index >= 15 is 0 Å². The maximum absolute atomic E-state index is 11.6. The van der Waals surface area contributed by atoms with Crippen molar-refractivity contribution >= 4 is 21.9 Å². The van der Waals surface area contributed by atoms with Crippen LogP contribution in [0.3, 0.4) is 0 Å². The van der Waals surface area contributed by atoms with Crippen molar-refractivity contribution in [3.8, 4) is 0 Å². The molecule has 1 unspecified atom stereocenters. The molecule has 0 aliphatic carbocycles. The second-order valence-corrected chi connectivity index (χ2v) is 5.62. The minimum atomic E-state index is -0.879. The monoisotopic (exact) mass is 334 g/mol. The lowest BCUT2D eigenvalue weighted by Gasteiger charge is -2.14. The largest absolute Gasteiger partial charge is 0.481 e. The zero-order valence-corrected chi connectivity index (χ0v) is 12.9. The van der Waals surface area contributed by atoms with Crippen LogP contribution in [0.15, 0.2) is 34.9 Å². The van der Waals surface area contributed by atoms with Crippen LogP contribution in [0, 0.1) is 13.8 Å². The Labute approximate surface area is 126 Å². The molecule has 0 aliphatic rings. The topological polar surface area (TPSA) is 63.1 Å². The lowest BCUT2D eigenvalue weighted by molar-refractivity contribution is -0.138. The third-order valence-corrected chi connectivity index (χ3v) is 3.62. The number of rotatable bonds is 4. The molecule has 20 heavy (non-hydrogen) atoms. The van der Waals surface area contributed by atoms with Crippen LogP contribution in [0.5, 0.6) is 0 Å². The van der Waals surface area contributed by atoms with E-state index in [0.29, 0.717) is 17.8 Å². The Balaban J connectivity index is 2.34. The van der Waals surface area contributed by atoms with E-state index in [-0.39, 0.29) is 0 Å². The molecule has 0 aliphatic heterocycles. The number of carbonyl (C=O) groups is 1. The summed E-state index contributed by atoms with van der Waals surface area (Å²) >= 11 is 3.37. The van der Waals surface area contributed by atoms with E-state index in [1.54, 1.807) is 13.1 Å². The van der Waals surface area contributed by atoms with Crippen molar-refractivity contribution in [3.63, 3.8) is 0 Å². The summed E-state index contributed by atoms with van der Waals surface area (Å²) in [5.74, 6) is -1.56. The average Bonchev–Trinajstić information content (AvgIpc) is 2.41. The van der Waals surface area contributed by atoms with Gasteiger partial charge in [0.25, 0.3) is 0 Å². The summed E-state index contributed by atoms with van der Waals surface area (Å²) in [5, 5.41) is 9.48. The van der Waals surface area contributed by atoms with Crippen molar-refractivity contribution in [1.29, 1.82) is 0 Å². The van der Waals surface area contributed by atoms with E-state index in [9.17, 15) is 9.90 Å². The van der Waals surface area contributed by atoms with Crippen molar-refractivity contribution in [1.82, 2.24) is 9.97 Å². The van der Waals surface area contributed by atoms with Gasteiger partial charge in [0.15, 0.2) is 0 Å². The van der Waals surface area contributed by atoms with E-state index in [1.807, 2.05) is 31.2 Å². The zero-order valence-electron chi connectivity index (χ0n) is 11.3. The zero-order chi connectivity index (χ0) is 14.7. The highest BCUT2D eigenvalue weighted by atomic mass is 79.9. The Bertz CT molecular complexity index is 626. The molecule has 2 rings (SSSR count). The van der Waals surface area contributed by atoms with Gasteiger partial charge >= 0.3 is 5.97 Å². The Morgan fingerprint density at radius 1 is 1.30 bits per heavy atom. The van der Waals surface area contributed by atoms with Crippen LogP contribution < -0.4 is 0 Å². The Morgan fingerprint density at radius 3 is 2.55 bits per heavy atom. The standard InChI is InChI=1S/C15H15BrN2O2/c1-9-8-17-10(2)14(18-9)13(15(19)20)7-11-3-5-12(16)6-4-11/h3-6,8,13H,7H2,1-2H3,(H,19,20). The number of hydrogen-bond acceptors (Lipinski definition) is 3.